The van der Waals surface area contributed by atoms with E-state index in [1.54, 1.807) is 28.1 Å². The first-order valence-electron chi connectivity index (χ1n) is 9.85. The first-order chi connectivity index (χ1) is 14.5. The van der Waals surface area contributed by atoms with E-state index in [0.717, 1.165) is 0 Å². The van der Waals surface area contributed by atoms with Gasteiger partial charge in [-0.25, -0.2) is 0 Å². The average Bonchev–Trinajstić information content (AvgIpc) is 2.78. The monoisotopic (exact) mass is 433 g/mol. The number of rotatable bonds is 16. The van der Waals surface area contributed by atoms with Crippen molar-refractivity contribution in [3.05, 3.63) is 29.6 Å². The van der Waals surface area contributed by atoms with Crippen LogP contribution in [0.2, 0.25) is 0 Å². The molecule has 0 radical (unpaired) electrons. The van der Waals surface area contributed by atoms with Crippen LogP contribution in [0.1, 0.15) is 11.3 Å². The normalized spacial score (nSPS) is 12.5. The Morgan fingerprint density at radius 3 is 1.23 bits per heavy atom. The molecule has 11 heteroatoms. The van der Waals surface area contributed by atoms with Crippen molar-refractivity contribution in [2.24, 2.45) is 0 Å². The van der Waals surface area contributed by atoms with E-state index in [4.69, 9.17) is 0 Å². The fourth-order valence-electron chi connectivity index (χ4n) is 3.22. The minimum Gasteiger partial charge on any atom is -0.395 e. The summed E-state index contributed by atoms with van der Waals surface area (Å²) in [7, 11) is 0. The summed E-state index contributed by atoms with van der Waals surface area (Å²) in [5, 5.41) is 75.9. The van der Waals surface area contributed by atoms with E-state index >= 15 is 0 Å². The molecule has 11 nitrogen and oxygen atoms in total. The lowest BCUT2D eigenvalue weighted by Crippen LogP contribution is -2.50. The fourth-order valence-corrected chi connectivity index (χ4v) is 3.22. The maximum atomic E-state index is 9.49. The second-order valence-electron chi connectivity index (χ2n) is 7.08. The van der Waals surface area contributed by atoms with E-state index in [9.17, 15) is 40.9 Å². The molecule has 30 heavy (non-hydrogen) atoms. The lowest BCUT2D eigenvalue weighted by atomic mass is 10.1. The lowest BCUT2D eigenvalue weighted by Gasteiger charge is -2.35. The first-order valence-corrected chi connectivity index (χ1v) is 9.85. The van der Waals surface area contributed by atoms with Crippen molar-refractivity contribution in [2.75, 3.05) is 52.9 Å². The summed E-state index contributed by atoms with van der Waals surface area (Å²) in [6.07, 6.45) is 1.57. The fraction of sp³-hybridized carbons (Fsp3) is 0.737. The van der Waals surface area contributed by atoms with E-state index < -0.39 is 24.2 Å². The first kappa shape index (κ1) is 26.8. The largest absolute Gasteiger partial charge is 0.395 e. The lowest BCUT2D eigenvalue weighted by molar-refractivity contribution is -0.00501. The molecule has 0 bridgehead atoms. The van der Waals surface area contributed by atoms with E-state index in [0.29, 0.717) is 11.3 Å². The number of aromatic nitrogens is 1. The molecule has 0 amide bonds. The summed E-state index contributed by atoms with van der Waals surface area (Å²) in [4.78, 5) is 7.53. The Morgan fingerprint density at radius 1 is 0.567 bits per heavy atom. The van der Waals surface area contributed by atoms with Gasteiger partial charge >= 0.3 is 0 Å². The summed E-state index contributed by atoms with van der Waals surface area (Å²) < 4.78 is 0. The molecule has 0 spiro atoms. The SMILES string of the molecule is OCC(CO)N(Cc1ccc(CN(C(CO)CO)C(CO)CO)nc1)C(CO)CO. The van der Waals surface area contributed by atoms with Crippen LogP contribution >= 0.6 is 0 Å². The van der Waals surface area contributed by atoms with Crippen LogP contribution in [0.4, 0.5) is 0 Å². The van der Waals surface area contributed by atoms with Gasteiger partial charge in [0.25, 0.3) is 0 Å². The van der Waals surface area contributed by atoms with Crippen LogP contribution in [0, 0.1) is 0 Å². The van der Waals surface area contributed by atoms with Crippen LogP contribution in [0.3, 0.4) is 0 Å². The molecule has 0 fully saturated rings. The Balaban J connectivity index is 2.98. The van der Waals surface area contributed by atoms with Gasteiger partial charge in [-0.2, -0.15) is 0 Å². The molecule has 1 heterocycles. The van der Waals surface area contributed by atoms with Gasteiger partial charge in [0.2, 0.25) is 0 Å². The second kappa shape index (κ2) is 14.7. The zero-order valence-electron chi connectivity index (χ0n) is 17.0. The summed E-state index contributed by atoms with van der Waals surface area (Å²) in [5.74, 6) is 0. The molecule has 0 unspecified atom stereocenters. The Bertz CT molecular complexity index is 476. The molecule has 0 saturated carbocycles. The molecule has 0 aliphatic heterocycles. The van der Waals surface area contributed by atoms with Gasteiger partial charge in [0.05, 0.1) is 82.7 Å². The number of aliphatic hydroxyl groups is 8. The van der Waals surface area contributed by atoms with Crippen LogP contribution in [-0.2, 0) is 13.1 Å². The van der Waals surface area contributed by atoms with Gasteiger partial charge < -0.3 is 40.9 Å². The summed E-state index contributed by atoms with van der Waals surface area (Å²) in [6, 6.07) is 0.804. The Morgan fingerprint density at radius 2 is 0.933 bits per heavy atom. The highest BCUT2D eigenvalue weighted by molar-refractivity contribution is 5.15. The van der Waals surface area contributed by atoms with Crippen molar-refractivity contribution >= 4 is 0 Å². The van der Waals surface area contributed by atoms with Gasteiger partial charge in [-0.05, 0) is 11.6 Å². The van der Waals surface area contributed by atoms with E-state index in [2.05, 4.69) is 4.98 Å². The molecule has 0 aliphatic rings. The van der Waals surface area contributed by atoms with Crippen molar-refractivity contribution in [3.8, 4) is 0 Å². The molecule has 0 aromatic carbocycles. The van der Waals surface area contributed by atoms with Crippen LogP contribution < -0.4 is 0 Å². The highest BCUT2D eigenvalue weighted by Crippen LogP contribution is 2.15. The van der Waals surface area contributed by atoms with Gasteiger partial charge in [0.1, 0.15) is 0 Å². The number of hydrogen-bond donors (Lipinski definition) is 8. The van der Waals surface area contributed by atoms with Crippen molar-refractivity contribution in [3.63, 3.8) is 0 Å². The molecule has 174 valence electrons. The van der Waals surface area contributed by atoms with E-state index in [1.807, 2.05) is 0 Å². The molecular formula is C19H35N3O8. The Kier molecular flexibility index (Phi) is 13.1. The third-order valence-electron chi connectivity index (χ3n) is 5.16. The number of pyridine rings is 1. The predicted octanol–water partition coefficient (Wildman–Crippen LogP) is -3.90. The minimum absolute atomic E-state index is 0.174. The number of nitrogens with zero attached hydrogens (tertiary/aromatic N) is 3. The maximum Gasteiger partial charge on any atom is 0.0609 e. The van der Waals surface area contributed by atoms with Crippen molar-refractivity contribution in [2.45, 2.75) is 37.3 Å². The summed E-state index contributed by atoms with van der Waals surface area (Å²) in [6.45, 7) is -2.40. The number of hydrogen-bond acceptors (Lipinski definition) is 11. The Labute approximate surface area is 176 Å². The molecule has 8 N–H and O–H groups in total. The molecule has 1 aromatic rings. The van der Waals surface area contributed by atoms with Crippen molar-refractivity contribution < 1.29 is 40.9 Å². The van der Waals surface area contributed by atoms with Gasteiger partial charge in [-0.15, -0.1) is 0 Å². The zero-order chi connectivity index (χ0) is 22.5. The molecule has 0 saturated heterocycles. The van der Waals surface area contributed by atoms with Crippen LogP contribution in [0.15, 0.2) is 18.3 Å². The van der Waals surface area contributed by atoms with Gasteiger partial charge in [-0.3, -0.25) is 14.8 Å². The average molecular weight is 434 g/mol. The maximum absolute atomic E-state index is 9.49. The third-order valence-corrected chi connectivity index (χ3v) is 5.16. The zero-order valence-corrected chi connectivity index (χ0v) is 17.0. The van der Waals surface area contributed by atoms with Crippen molar-refractivity contribution in [1.82, 2.24) is 14.8 Å². The number of aliphatic hydroxyl groups excluding tert-OH is 8. The van der Waals surface area contributed by atoms with E-state index in [-0.39, 0.29) is 65.9 Å². The smallest absolute Gasteiger partial charge is 0.0609 e. The van der Waals surface area contributed by atoms with E-state index in [1.165, 1.54) is 0 Å². The predicted molar refractivity (Wildman–Crippen MR) is 107 cm³/mol. The minimum atomic E-state index is -0.670. The second-order valence-corrected chi connectivity index (χ2v) is 7.08. The third kappa shape index (κ3) is 7.46. The van der Waals surface area contributed by atoms with Gasteiger partial charge in [0, 0.05) is 19.3 Å². The molecular weight excluding hydrogens is 398 g/mol. The highest BCUT2D eigenvalue weighted by Gasteiger charge is 2.27. The summed E-state index contributed by atoms with van der Waals surface area (Å²) >= 11 is 0. The Hall–Kier alpha value is -1.25. The quantitative estimate of drug-likeness (QED) is 0.128. The molecule has 0 atom stereocenters. The van der Waals surface area contributed by atoms with Crippen LogP contribution in [-0.4, -0.2) is 133 Å². The van der Waals surface area contributed by atoms with Crippen molar-refractivity contribution in [1.29, 1.82) is 0 Å². The van der Waals surface area contributed by atoms with Crippen LogP contribution in [0.5, 0.6) is 0 Å². The molecule has 1 aromatic heterocycles. The van der Waals surface area contributed by atoms with Crippen LogP contribution in [0.25, 0.3) is 0 Å². The molecule has 1 rings (SSSR count). The standard InChI is InChI=1S/C19H35N3O8/c23-6-16(7-24)21(17(8-25)9-26)4-14-1-2-15(20-3-14)5-22(18(10-27)11-28)19(12-29)13-30/h1-3,16-19,23-30H,4-13H2. The topological polar surface area (TPSA) is 181 Å². The van der Waals surface area contributed by atoms with Gasteiger partial charge in [0.15, 0.2) is 0 Å². The molecule has 0 aliphatic carbocycles. The summed E-state index contributed by atoms with van der Waals surface area (Å²) in [5.41, 5.74) is 1.29. The highest BCUT2D eigenvalue weighted by atomic mass is 16.3. The van der Waals surface area contributed by atoms with Gasteiger partial charge in [-0.1, -0.05) is 6.07 Å².